The first-order valence-electron chi connectivity index (χ1n) is 30.0. The Bertz CT molecular complexity index is 3670. The molecule has 0 aliphatic carbocycles. The van der Waals surface area contributed by atoms with Gasteiger partial charge < -0.3 is 5.11 Å². The molecule has 2 aromatic heterocycles. The van der Waals surface area contributed by atoms with Gasteiger partial charge in [-0.15, -0.1) is 29.3 Å². The van der Waals surface area contributed by atoms with Crippen LogP contribution in [-0.4, -0.2) is 19.6 Å². The van der Waals surface area contributed by atoms with Gasteiger partial charge in [0.05, 0.1) is 27.8 Å². The van der Waals surface area contributed by atoms with Gasteiger partial charge in [-0.25, -0.2) is 4.98 Å². The van der Waals surface area contributed by atoms with Crippen LogP contribution in [0.4, 0.5) is 0 Å². The van der Waals surface area contributed by atoms with Crippen LogP contribution in [0.15, 0.2) is 127 Å². The molecular weight excluding hydrogens is 1020 g/mol. The maximum Gasteiger partial charge on any atom is 0.148 e. The van der Waals surface area contributed by atoms with E-state index < -0.39 is 61.1 Å². The monoisotopic (exact) mass is 1110 g/mol. The minimum Gasteiger partial charge on any atom is -0.507 e. The molecule has 1 N–H and O–H groups in total. The SMILES string of the molecule is [2H]c1c([2H])c(C(C([2H])([2H])[2H])(C([2H])([2H])[2H])C([2H])([2H])[2H])c([2H])c([2H])c1-c1ccnc(-c2[c-]c(-c3cccc4c3nc(-c3cc(C(C)C)cc(C(C)C)c3O)n4-c3ccc(C(C)(C)C)cc3-c3ccc(C(C)(C)C)cc3)cc(C(C)(C)C)c2)c1.[Pt]. The second kappa shape index (κ2) is 19.0. The van der Waals surface area contributed by atoms with Crippen molar-refractivity contribution in [3.05, 3.63) is 167 Å². The van der Waals surface area contributed by atoms with Gasteiger partial charge >= 0.3 is 0 Å². The Hall–Kier alpha value is -5.57. The topological polar surface area (TPSA) is 50.9 Å². The predicted molar refractivity (Wildman–Crippen MR) is 290 cm³/mol. The number of hydrogen-bond acceptors (Lipinski definition) is 3. The number of pyridine rings is 1. The molecule has 0 saturated heterocycles. The van der Waals surface area contributed by atoms with Crippen molar-refractivity contribution in [3.8, 4) is 67.5 Å². The standard InChI is InChI=1S/C64H72N3O.Pt/c1-39(2)44-35-52(40(3)4)59(68)54(36-44)60-66-58-51(18-17-19-57(58)67(60)56-29-28-49(63(11,12)13)38-53(56)42-22-26-48(27-23-42)62(8,9)10)45-32-46(34-50(33-45)64(14,15)16)55-37-43(30-31-65-55)41-20-24-47(25-21-41)61(5,6)7;/h17-31,33-40,68H,1-16H3;/q-1;/i5D3,6D3,7D3,20D,21D,24D,25D;. The number of benzene rings is 6. The predicted octanol–water partition coefficient (Wildman–Crippen LogP) is 17.7. The zero-order valence-corrected chi connectivity index (χ0v) is 44.3. The maximum absolute atomic E-state index is 12.5. The number of phenolic OH excluding ortho intramolecular Hbond substituents is 1. The quantitative estimate of drug-likeness (QED) is 0.154. The summed E-state index contributed by atoms with van der Waals surface area (Å²) in [7, 11) is 0. The second-order valence-electron chi connectivity index (χ2n) is 21.9. The van der Waals surface area contributed by atoms with Crippen molar-refractivity contribution in [2.24, 2.45) is 0 Å². The summed E-state index contributed by atoms with van der Waals surface area (Å²) in [6.07, 6.45) is 1.43. The molecule has 0 radical (unpaired) electrons. The Morgan fingerprint density at radius 2 is 1.22 bits per heavy atom. The molecule has 69 heavy (non-hydrogen) atoms. The van der Waals surface area contributed by atoms with Gasteiger partial charge in [-0.3, -0.25) is 9.55 Å². The van der Waals surface area contributed by atoms with Gasteiger partial charge in [0.1, 0.15) is 11.6 Å². The fourth-order valence-electron chi connectivity index (χ4n) is 8.61. The van der Waals surface area contributed by atoms with E-state index in [1.807, 2.05) is 30.3 Å². The molecule has 6 aromatic carbocycles. The summed E-state index contributed by atoms with van der Waals surface area (Å²) in [5.41, 5.74) is 6.22. The zero-order valence-electron chi connectivity index (χ0n) is 55.1. The van der Waals surface area contributed by atoms with E-state index in [0.29, 0.717) is 33.7 Å². The van der Waals surface area contributed by atoms with E-state index >= 15 is 0 Å². The van der Waals surface area contributed by atoms with Crippen LogP contribution in [0.1, 0.15) is 174 Å². The minimum absolute atomic E-state index is 0. The first-order chi connectivity index (χ1) is 37.2. The summed E-state index contributed by atoms with van der Waals surface area (Å²) in [5.74, 6) is 0.805. The molecule has 8 rings (SSSR count). The maximum atomic E-state index is 12.5. The van der Waals surface area contributed by atoms with Gasteiger partial charge in [-0.2, -0.15) is 0 Å². The van der Waals surface area contributed by atoms with Crippen molar-refractivity contribution in [2.75, 3.05) is 0 Å². The molecule has 0 saturated carbocycles. The van der Waals surface area contributed by atoms with Crippen molar-refractivity contribution < 1.29 is 44.0 Å². The van der Waals surface area contributed by atoms with Crippen LogP contribution >= 0.6 is 0 Å². The number of rotatable bonds is 8. The Morgan fingerprint density at radius 3 is 1.83 bits per heavy atom. The van der Waals surface area contributed by atoms with Crippen molar-refractivity contribution in [1.82, 2.24) is 14.5 Å². The third kappa shape index (κ3) is 10.5. The molecule has 0 spiro atoms. The summed E-state index contributed by atoms with van der Waals surface area (Å²) in [5, 5.41) is 12.5. The summed E-state index contributed by atoms with van der Waals surface area (Å²) >= 11 is 0. The fourth-order valence-corrected chi connectivity index (χ4v) is 8.61. The third-order valence-corrected chi connectivity index (χ3v) is 12.9. The number of nitrogens with zero attached hydrogens (tertiary/aromatic N) is 3. The van der Waals surface area contributed by atoms with Crippen LogP contribution in [0.5, 0.6) is 5.75 Å². The molecule has 0 unspecified atom stereocenters. The van der Waals surface area contributed by atoms with Crippen molar-refractivity contribution in [2.45, 2.75) is 144 Å². The molecule has 0 aliphatic heterocycles. The molecule has 5 heteroatoms. The van der Waals surface area contributed by atoms with Gasteiger partial charge in [-0.05, 0) is 108 Å². The largest absolute Gasteiger partial charge is 0.507 e. The number of aromatic hydroxyl groups is 1. The second-order valence-corrected chi connectivity index (χ2v) is 21.9. The Kier molecular flexibility index (Phi) is 10.0. The van der Waals surface area contributed by atoms with E-state index in [4.69, 9.17) is 25.0 Å². The number of phenols is 1. The normalized spacial score (nSPS) is 15.8. The van der Waals surface area contributed by atoms with Crippen LogP contribution < -0.4 is 0 Å². The van der Waals surface area contributed by atoms with E-state index in [1.165, 1.54) is 17.8 Å². The van der Waals surface area contributed by atoms with E-state index in [0.717, 1.165) is 50.1 Å². The first-order valence-corrected chi connectivity index (χ1v) is 23.5. The van der Waals surface area contributed by atoms with E-state index in [9.17, 15) is 7.85 Å². The van der Waals surface area contributed by atoms with Crippen LogP contribution in [-0.2, 0) is 42.7 Å². The van der Waals surface area contributed by atoms with E-state index in [-0.39, 0.29) is 60.6 Å². The van der Waals surface area contributed by atoms with Crippen molar-refractivity contribution in [3.63, 3.8) is 0 Å². The van der Waals surface area contributed by atoms with Gasteiger partial charge in [0.2, 0.25) is 0 Å². The molecule has 0 amide bonds. The number of imidazole rings is 1. The molecule has 360 valence electrons. The Labute approximate surface area is 446 Å². The molecule has 0 bridgehead atoms. The van der Waals surface area contributed by atoms with Gasteiger partial charge in [-0.1, -0.05) is 200 Å². The molecule has 8 aromatic rings. The molecule has 2 heterocycles. The van der Waals surface area contributed by atoms with Crippen LogP contribution in [0, 0.1) is 6.07 Å². The van der Waals surface area contributed by atoms with Crippen LogP contribution in [0.2, 0.25) is 0 Å². The summed E-state index contributed by atoms with van der Waals surface area (Å²) < 4.78 is 113. The minimum atomic E-state index is -3.81. The summed E-state index contributed by atoms with van der Waals surface area (Å²) in [6.45, 7) is 16.4. The molecule has 0 atom stereocenters. The zero-order chi connectivity index (χ0) is 60.2. The van der Waals surface area contributed by atoms with Gasteiger partial charge in [0.15, 0.2) is 0 Å². The number of hydrogen-bond donors (Lipinski definition) is 1. The summed E-state index contributed by atoms with van der Waals surface area (Å²) in [4.78, 5) is 10.3. The number of para-hydroxylation sites is 1. The van der Waals surface area contributed by atoms with E-state index in [1.54, 1.807) is 6.07 Å². The first kappa shape index (κ1) is 36.4. The molecule has 0 fully saturated rings. The molecule has 0 aliphatic rings. The average Bonchev–Trinajstić information content (AvgIpc) is 2.72. The number of fused-ring (bicyclic) bond motifs is 1. The average molecular weight is 1110 g/mol. The number of aromatic nitrogens is 3. The van der Waals surface area contributed by atoms with Gasteiger partial charge in [0.25, 0.3) is 0 Å². The molecule has 4 nitrogen and oxygen atoms in total. The third-order valence-electron chi connectivity index (χ3n) is 12.9. The fraction of sp³-hybridized carbons (Fsp3) is 0.344. The van der Waals surface area contributed by atoms with Crippen LogP contribution in [0.3, 0.4) is 0 Å². The Morgan fingerprint density at radius 1 is 0.580 bits per heavy atom. The van der Waals surface area contributed by atoms with Crippen molar-refractivity contribution in [1.29, 1.82) is 0 Å². The van der Waals surface area contributed by atoms with Crippen LogP contribution in [0.25, 0.3) is 72.7 Å². The smallest absolute Gasteiger partial charge is 0.148 e. The summed E-state index contributed by atoms with van der Waals surface area (Å²) in [6, 6.07) is 32.2. The molecular formula is C64H72N3OPt-. The van der Waals surface area contributed by atoms with Crippen molar-refractivity contribution >= 4 is 11.0 Å². The van der Waals surface area contributed by atoms with E-state index in [2.05, 4.69) is 155 Å². The van der Waals surface area contributed by atoms with Gasteiger partial charge in [0, 0.05) is 50.9 Å². The Balaban J connectivity index is 0.00000968.